The lowest BCUT2D eigenvalue weighted by Gasteiger charge is -2.25. The van der Waals surface area contributed by atoms with Gasteiger partial charge in [-0.25, -0.2) is 9.59 Å². The lowest BCUT2D eigenvalue weighted by molar-refractivity contribution is -0.143. The van der Waals surface area contributed by atoms with E-state index < -0.39 is 65.9 Å². The second-order valence-corrected chi connectivity index (χ2v) is 9.02. The molecule has 3 rings (SSSR count). The van der Waals surface area contributed by atoms with Crippen molar-refractivity contribution in [3.63, 3.8) is 0 Å². The number of esters is 1. The van der Waals surface area contributed by atoms with Gasteiger partial charge in [-0.3, -0.25) is 4.90 Å². The number of hydrogen-bond donors (Lipinski definition) is 0. The van der Waals surface area contributed by atoms with Crippen LogP contribution in [0.5, 0.6) is 5.75 Å². The van der Waals surface area contributed by atoms with Crippen molar-refractivity contribution >= 4 is 12.1 Å². The molecule has 0 bridgehead atoms. The molecular formula is C28H22F9NO5. The summed E-state index contributed by atoms with van der Waals surface area (Å²) in [6.07, 6.45) is -16.5. The molecule has 15 heteroatoms. The number of amides is 1. The van der Waals surface area contributed by atoms with Gasteiger partial charge in [0, 0.05) is 18.7 Å². The minimum Gasteiger partial charge on any atom is -0.496 e. The van der Waals surface area contributed by atoms with Gasteiger partial charge in [0.15, 0.2) is 0 Å². The Morgan fingerprint density at radius 2 is 1.23 bits per heavy atom. The average Bonchev–Trinajstić information content (AvgIpc) is 2.94. The molecule has 0 aromatic heterocycles. The Balaban J connectivity index is 2.21. The van der Waals surface area contributed by atoms with Crippen LogP contribution in [0.15, 0.2) is 54.6 Å². The summed E-state index contributed by atoms with van der Waals surface area (Å²) in [6, 6.07) is 6.99. The number of benzene rings is 3. The highest BCUT2D eigenvalue weighted by Crippen LogP contribution is 2.39. The summed E-state index contributed by atoms with van der Waals surface area (Å²) in [5.41, 5.74) is -5.26. The molecule has 0 radical (unpaired) electrons. The lowest BCUT2D eigenvalue weighted by atomic mass is 9.94. The van der Waals surface area contributed by atoms with E-state index in [9.17, 15) is 49.1 Å². The molecule has 0 heterocycles. The zero-order valence-corrected chi connectivity index (χ0v) is 22.5. The summed E-state index contributed by atoms with van der Waals surface area (Å²) in [4.78, 5) is 25.4. The number of nitrogens with zero attached hydrogens (tertiary/aromatic N) is 1. The summed E-state index contributed by atoms with van der Waals surface area (Å²) in [6.45, 7) is -1.68. The third kappa shape index (κ3) is 7.90. The number of rotatable bonds is 7. The topological polar surface area (TPSA) is 65.1 Å². The maximum atomic E-state index is 13.7. The lowest BCUT2D eigenvalue weighted by Crippen LogP contribution is -2.30. The van der Waals surface area contributed by atoms with Gasteiger partial charge < -0.3 is 14.2 Å². The molecule has 6 nitrogen and oxygen atoms in total. The van der Waals surface area contributed by atoms with Crippen molar-refractivity contribution < 1.29 is 63.3 Å². The third-order valence-corrected chi connectivity index (χ3v) is 6.16. The molecule has 0 saturated heterocycles. The van der Waals surface area contributed by atoms with Crippen LogP contribution in [-0.4, -0.2) is 38.3 Å². The van der Waals surface area contributed by atoms with E-state index in [-0.39, 0.29) is 34.1 Å². The van der Waals surface area contributed by atoms with Crippen LogP contribution in [0.1, 0.15) is 38.2 Å². The van der Waals surface area contributed by atoms with E-state index in [0.29, 0.717) is 29.2 Å². The Labute approximate surface area is 238 Å². The van der Waals surface area contributed by atoms with E-state index in [4.69, 9.17) is 4.74 Å². The summed E-state index contributed by atoms with van der Waals surface area (Å²) in [5, 5.41) is 0. The fraction of sp³-hybridized carbons (Fsp3) is 0.286. The zero-order chi connectivity index (χ0) is 32.3. The molecule has 0 fully saturated rings. The molecule has 0 unspecified atom stereocenters. The number of carbonyl (C=O) groups excluding carboxylic acids is 2. The monoisotopic (exact) mass is 623 g/mol. The van der Waals surface area contributed by atoms with Crippen LogP contribution < -0.4 is 4.74 Å². The Morgan fingerprint density at radius 1 is 0.651 bits per heavy atom. The number of carbonyl (C=O) groups is 2. The van der Waals surface area contributed by atoms with E-state index in [1.165, 1.54) is 25.3 Å². The van der Waals surface area contributed by atoms with Crippen LogP contribution in [0.4, 0.5) is 44.3 Å². The maximum Gasteiger partial charge on any atom is 0.416 e. The van der Waals surface area contributed by atoms with E-state index in [0.717, 1.165) is 20.3 Å². The largest absolute Gasteiger partial charge is 0.496 e. The first-order chi connectivity index (χ1) is 19.9. The Bertz CT molecular complexity index is 1470. The first-order valence-electron chi connectivity index (χ1n) is 12.0. The molecule has 3 aromatic carbocycles. The van der Waals surface area contributed by atoms with Gasteiger partial charge in [0.1, 0.15) is 5.75 Å². The van der Waals surface area contributed by atoms with Crippen LogP contribution in [0, 0.1) is 0 Å². The number of hydrogen-bond acceptors (Lipinski definition) is 5. The quantitative estimate of drug-likeness (QED) is 0.197. The summed E-state index contributed by atoms with van der Waals surface area (Å²) >= 11 is 0. The van der Waals surface area contributed by atoms with Crippen LogP contribution in [0.3, 0.4) is 0 Å². The van der Waals surface area contributed by atoms with Crippen molar-refractivity contribution in [2.75, 3.05) is 21.3 Å². The molecule has 0 saturated carbocycles. The maximum absolute atomic E-state index is 13.7. The molecule has 232 valence electrons. The molecule has 0 aliphatic carbocycles. The van der Waals surface area contributed by atoms with Gasteiger partial charge in [-0.2, -0.15) is 39.5 Å². The summed E-state index contributed by atoms with van der Waals surface area (Å²) < 4.78 is 136. The van der Waals surface area contributed by atoms with Gasteiger partial charge in [-0.15, -0.1) is 0 Å². The molecule has 0 spiro atoms. The van der Waals surface area contributed by atoms with Crippen molar-refractivity contribution in [3.05, 3.63) is 88.0 Å². The molecule has 0 N–H and O–H groups in total. The fourth-order valence-electron chi connectivity index (χ4n) is 4.18. The van der Waals surface area contributed by atoms with Crippen molar-refractivity contribution in [3.8, 4) is 16.9 Å². The Hall–Kier alpha value is -4.43. The van der Waals surface area contributed by atoms with Crippen molar-refractivity contribution in [2.45, 2.75) is 31.6 Å². The summed E-state index contributed by atoms with van der Waals surface area (Å²) in [7, 11) is 3.22. The third-order valence-electron chi connectivity index (χ3n) is 6.16. The van der Waals surface area contributed by atoms with Crippen LogP contribution >= 0.6 is 0 Å². The number of halogens is 9. The predicted molar refractivity (Wildman–Crippen MR) is 133 cm³/mol. The van der Waals surface area contributed by atoms with Gasteiger partial charge in [0.25, 0.3) is 0 Å². The number of alkyl halides is 9. The van der Waals surface area contributed by atoms with E-state index in [2.05, 4.69) is 9.47 Å². The fourth-order valence-corrected chi connectivity index (χ4v) is 4.18. The van der Waals surface area contributed by atoms with Crippen molar-refractivity contribution in [1.29, 1.82) is 0 Å². The molecule has 0 aliphatic rings. The van der Waals surface area contributed by atoms with Crippen LogP contribution in [0.25, 0.3) is 11.1 Å². The zero-order valence-electron chi connectivity index (χ0n) is 22.5. The normalized spacial score (nSPS) is 12.1. The van der Waals surface area contributed by atoms with Gasteiger partial charge in [0.05, 0.1) is 43.6 Å². The van der Waals surface area contributed by atoms with E-state index >= 15 is 0 Å². The molecular weight excluding hydrogens is 601 g/mol. The summed E-state index contributed by atoms with van der Waals surface area (Å²) in [5.74, 6) is -0.704. The van der Waals surface area contributed by atoms with Crippen LogP contribution in [-0.2, 0) is 41.1 Å². The second-order valence-electron chi connectivity index (χ2n) is 9.02. The minimum absolute atomic E-state index is 0.00419. The molecule has 3 aromatic rings. The van der Waals surface area contributed by atoms with Gasteiger partial charge in [-0.1, -0.05) is 6.07 Å². The van der Waals surface area contributed by atoms with E-state index in [1.54, 1.807) is 0 Å². The highest BCUT2D eigenvalue weighted by molar-refractivity contribution is 5.92. The van der Waals surface area contributed by atoms with Gasteiger partial charge in [0.2, 0.25) is 0 Å². The van der Waals surface area contributed by atoms with Gasteiger partial charge in [-0.05, 0) is 65.2 Å². The SMILES string of the molecule is COC(=O)c1ccc(OC)c(-c2ccc(C(F)(F)F)cc2CN(Cc2cc(C(F)(F)F)cc(C(F)(F)F)c2)C(=O)OC)c1. The van der Waals surface area contributed by atoms with Gasteiger partial charge >= 0.3 is 30.6 Å². The number of ether oxygens (including phenoxy) is 3. The van der Waals surface area contributed by atoms with Crippen molar-refractivity contribution in [1.82, 2.24) is 4.90 Å². The minimum atomic E-state index is -5.18. The first-order valence-corrected chi connectivity index (χ1v) is 12.0. The first kappa shape index (κ1) is 33.1. The molecule has 0 aliphatic heterocycles. The highest BCUT2D eigenvalue weighted by atomic mass is 19.4. The standard InChI is InChI=1S/C28H22F9NO5/c1-41-23-7-4-16(24(39)42-2)11-22(23)21-6-5-18(26(29,30)31)10-17(21)14-38(25(40)43-3)13-15-8-19(27(32,33)34)12-20(9-15)28(35,36)37/h4-12H,13-14H2,1-3H3. The predicted octanol–water partition coefficient (Wildman–Crippen LogP) is 7.97. The second kappa shape index (κ2) is 12.4. The Morgan fingerprint density at radius 3 is 1.72 bits per heavy atom. The van der Waals surface area contributed by atoms with E-state index in [1.807, 2.05) is 0 Å². The van der Waals surface area contributed by atoms with Crippen molar-refractivity contribution in [2.24, 2.45) is 0 Å². The smallest absolute Gasteiger partial charge is 0.416 e. The Kier molecular flexibility index (Phi) is 9.56. The highest BCUT2D eigenvalue weighted by Gasteiger charge is 2.37. The average molecular weight is 623 g/mol. The van der Waals surface area contributed by atoms with Crippen LogP contribution in [0.2, 0.25) is 0 Å². The molecule has 0 atom stereocenters. The molecule has 1 amide bonds. The molecule has 43 heavy (non-hydrogen) atoms. The number of methoxy groups -OCH3 is 3.